The first-order chi connectivity index (χ1) is 10.2. The highest BCUT2D eigenvalue weighted by molar-refractivity contribution is 5.85. The molecule has 1 N–H and O–H groups in total. The molecule has 1 saturated heterocycles. The maximum Gasteiger partial charge on any atom is 0.0139 e. The fourth-order valence-corrected chi connectivity index (χ4v) is 4.16. The lowest BCUT2D eigenvalue weighted by molar-refractivity contribution is 0.118. The lowest BCUT2D eigenvalue weighted by Crippen LogP contribution is -2.46. The summed E-state index contributed by atoms with van der Waals surface area (Å²) >= 11 is 0. The molecule has 2 unspecified atom stereocenters. The van der Waals surface area contributed by atoms with Gasteiger partial charge in [0.25, 0.3) is 0 Å². The molecule has 0 aromatic heterocycles. The van der Waals surface area contributed by atoms with Crippen molar-refractivity contribution in [3.05, 3.63) is 35.4 Å². The summed E-state index contributed by atoms with van der Waals surface area (Å²) in [5.74, 6) is 0. The fraction of sp³-hybridized carbons (Fsp3) is 0.684. The van der Waals surface area contributed by atoms with E-state index in [2.05, 4.69) is 48.3 Å². The highest BCUT2D eigenvalue weighted by Gasteiger charge is 2.33. The molecule has 1 fully saturated rings. The molecule has 22 heavy (non-hydrogen) atoms. The zero-order valence-corrected chi connectivity index (χ0v) is 14.9. The van der Waals surface area contributed by atoms with Crippen molar-refractivity contribution >= 4 is 12.4 Å². The number of fused-ring (bicyclic) bond motifs is 1. The van der Waals surface area contributed by atoms with Crippen LogP contribution < -0.4 is 5.32 Å². The standard InChI is InChI=1S/C19H30N2.ClH/c1-3-12-21(15-19(2)10-11-20-14-19)18-9-8-16-6-4-5-7-17(16)13-18;/h4-7,18,20H,3,8-15H2,1-2H3;1H. The summed E-state index contributed by atoms with van der Waals surface area (Å²) in [5, 5.41) is 3.55. The largest absolute Gasteiger partial charge is 0.316 e. The number of hydrogen-bond acceptors (Lipinski definition) is 2. The summed E-state index contributed by atoms with van der Waals surface area (Å²) < 4.78 is 0. The summed E-state index contributed by atoms with van der Waals surface area (Å²) in [6.45, 7) is 9.69. The van der Waals surface area contributed by atoms with Crippen molar-refractivity contribution in [2.45, 2.75) is 52.0 Å². The number of nitrogens with one attached hydrogen (secondary N) is 1. The van der Waals surface area contributed by atoms with Crippen molar-refractivity contribution in [2.75, 3.05) is 26.2 Å². The Hall–Kier alpha value is -0.570. The van der Waals surface area contributed by atoms with Crippen LogP contribution in [0.2, 0.25) is 0 Å². The van der Waals surface area contributed by atoms with Crippen LogP contribution in [0.3, 0.4) is 0 Å². The van der Waals surface area contributed by atoms with Crippen LogP contribution in [0.5, 0.6) is 0 Å². The SMILES string of the molecule is CCCN(CC1(C)CCNC1)C1CCc2ccccc2C1.Cl. The molecule has 1 aromatic carbocycles. The van der Waals surface area contributed by atoms with E-state index in [0.717, 1.165) is 6.04 Å². The molecule has 0 radical (unpaired) electrons. The monoisotopic (exact) mass is 322 g/mol. The second kappa shape index (κ2) is 7.81. The van der Waals surface area contributed by atoms with Gasteiger partial charge in [-0.15, -0.1) is 12.4 Å². The van der Waals surface area contributed by atoms with Gasteiger partial charge >= 0.3 is 0 Å². The summed E-state index contributed by atoms with van der Waals surface area (Å²) in [6, 6.07) is 9.79. The van der Waals surface area contributed by atoms with Crippen LogP contribution in [0.15, 0.2) is 24.3 Å². The first-order valence-corrected chi connectivity index (χ1v) is 8.72. The van der Waals surface area contributed by atoms with Gasteiger partial charge < -0.3 is 5.32 Å². The first kappa shape index (κ1) is 17.8. The molecule has 3 heteroatoms. The minimum Gasteiger partial charge on any atom is -0.316 e. The number of nitrogens with zero attached hydrogens (tertiary/aromatic N) is 1. The third-order valence-corrected chi connectivity index (χ3v) is 5.39. The number of hydrogen-bond donors (Lipinski definition) is 1. The molecule has 0 amide bonds. The zero-order chi connectivity index (χ0) is 14.7. The molecule has 2 nitrogen and oxygen atoms in total. The summed E-state index contributed by atoms with van der Waals surface area (Å²) in [6.07, 6.45) is 6.44. The Bertz CT molecular complexity index is 468. The van der Waals surface area contributed by atoms with Gasteiger partial charge in [-0.05, 0) is 61.7 Å². The number of halogens is 1. The van der Waals surface area contributed by atoms with E-state index in [1.165, 1.54) is 58.3 Å². The quantitative estimate of drug-likeness (QED) is 0.889. The number of aryl methyl sites for hydroxylation is 1. The molecule has 1 aromatic rings. The van der Waals surface area contributed by atoms with Crippen molar-refractivity contribution in [3.8, 4) is 0 Å². The van der Waals surface area contributed by atoms with Gasteiger partial charge in [0.2, 0.25) is 0 Å². The van der Waals surface area contributed by atoms with Gasteiger partial charge in [-0.1, -0.05) is 38.1 Å². The third kappa shape index (κ3) is 4.04. The Labute approximate surface area is 142 Å². The van der Waals surface area contributed by atoms with Crippen LogP contribution >= 0.6 is 12.4 Å². The van der Waals surface area contributed by atoms with Gasteiger partial charge in [0.15, 0.2) is 0 Å². The minimum absolute atomic E-state index is 0. The van der Waals surface area contributed by atoms with E-state index in [0.29, 0.717) is 5.41 Å². The maximum atomic E-state index is 3.55. The summed E-state index contributed by atoms with van der Waals surface area (Å²) in [4.78, 5) is 2.79. The van der Waals surface area contributed by atoms with Crippen LogP contribution in [0.4, 0.5) is 0 Å². The molecule has 1 aliphatic heterocycles. The number of rotatable bonds is 5. The maximum absolute atomic E-state index is 3.55. The van der Waals surface area contributed by atoms with Gasteiger partial charge in [-0.25, -0.2) is 0 Å². The van der Waals surface area contributed by atoms with E-state index >= 15 is 0 Å². The van der Waals surface area contributed by atoms with Crippen molar-refractivity contribution in [1.82, 2.24) is 10.2 Å². The predicted octanol–water partition coefficient (Wildman–Crippen LogP) is 3.68. The Balaban J connectivity index is 0.00000176. The number of benzene rings is 1. The molecular formula is C19H31ClN2. The van der Waals surface area contributed by atoms with E-state index < -0.39 is 0 Å². The first-order valence-electron chi connectivity index (χ1n) is 8.72. The highest BCUT2D eigenvalue weighted by Crippen LogP contribution is 2.30. The minimum atomic E-state index is 0. The molecular weight excluding hydrogens is 292 g/mol. The van der Waals surface area contributed by atoms with Crippen LogP contribution in [0.1, 0.15) is 44.2 Å². The fourth-order valence-electron chi connectivity index (χ4n) is 4.16. The molecule has 124 valence electrons. The van der Waals surface area contributed by atoms with E-state index in [1.807, 2.05) is 0 Å². The normalized spacial score (nSPS) is 27.5. The van der Waals surface area contributed by atoms with Crippen molar-refractivity contribution in [3.63, 3.8) is 0 Å². The smallest absolute Gasteiger partial charge is 0.0139 e. The Morgan fingerprint density at radius 1 is 1.27 bits per heavy atom. The highest BCUT2D eigenvalue weighted by atomic mass is 35.5. The van der Waals surface area contributed by atoms with Gasteiger partial charge in [0.1, 0.15) is 0 Å². The average molecular weight is 323 g/mol. The van der Waals surface area contributed by atoms with Crippen LogP contribution in [-0.2, 0) is 12.8 Å². The lowest BCUT2D eigenvalue weighted by atomic mass is 9.84. The molecule has 1 aliphatic carbocycles. The summed E-state index contributed by atoms with van der Waals surface area (Å²) in [5.41, 5.74) is 3.65. The van der Waals surface area contributed by atoms with E-state index in [9.17, 15) is 0 Å². The van der Waals surface area contributed by atoms with E-state index in [-0.39, 0.29) is 12.4 Å². The topological polar surface area (TPSA) is 15.3 Å². The molecule has 2 atom stereocenters. The van der Waals surface area contributed by atoms with Crippen molar-refractivity contribution in [2.24, 2.45) is 5.41 Å². The van der Waals surface area contributed by atoms with Gasteiger partial charge in [0.05, 0.1) is 0 Å². The Morgan fingerprint density at radius 2 is 2.05 bits per heavy atom. The predicted molar refractivity (Wildman–Crippen MR) is 97.0 cm³/mol. The Kier molecular flexibility index (Phi) is 6.31. The molecule has 3 rings (SSSR count). The lowest BCUT2D eigenvalue weighted by Gasteiger charge is -2.39. The molecule has 0 saturated carbocycles. The average Bonchev–Trinajstić information content (AvgIpc) is 2.93. The second-order valence-electron chi connectivity index (χ2n) is 7.37. The van der Waals surface area contributed by atoms with Gasteiger partial charge in [-0.3, -0.25) is 4.90 Å². The van der Waals surface area contributed by atoms with Crippen LogP contribution in [0, 0.1) is 5.41 Å². The van der Waals surface area contributed by atoms with Crippen molar-refractivity contribution < 1.29 is 0 Å². The van der Waals surface area contributed by atoms with Crippen LogP contribution in [0.25, 0.3) is 0 Å². The van der Waals surface area contributed by atoms with Crippen LogP contribution in [-0.4, -0.2) is 37.1 Å². The molecule has 0 bridgehead atoms. The third-order valence-electron chi connectivity index (χ3n) is 5.39. The van der Waals surface area contributed by atoms with Gasteiger partial charge in [-0.2, -0.15) is 0 Å². The van der Waals surface area contributed by atoms with E-state index in [1.54, 1.807) is 11.1 Å². The molecule has 0 spiro atoms. The van der Waals surface area contributed by atoms with E-state index in [4.69, 9.17) is 0 Å². The zero-order valence-electron chi connectivity index (χ0n) is 14.1. The molecule has 1 heterocycles. The Morgan fingerprint density at radius 3 is 2.73 bits per heavy atom. The second-order valence-corrected chi connectivity index (χ2v) is 7.37. The molecule has 2 aliphatic rings. The summed E-state index contributed by atoms with van der Waals surface area (Å²) in [7, 11) is 0. The van der Waals surface area contributed by atoms with Crippen molar-refractivity contribution in [1.29, 1.82) is 0 Å². The van der Waals surface area contributed by atoms with Gasteiger partial charge in [0, 0.05) is 19.1 Å².